The molecule has 1 aliphatic heterocycles. The van der Waals surface area contributed by atoms with Crippen molar-refractivity contribution in [3.05, 3.63) is 88.9 Å². The zero-order valence-electron chi connectivity index (χ0n) is 37.6. The predicted molar refractivity (Wildman–Crippen MR) is 248 cm³/mol. The second-order valence-corrected chi connectivity index (χ2v) is 15.3. The van der Waals surface area contributed by atoms with Crippen molar-refractivity contribution in [2.75, 3.05) is 57.6 Å². The van der Waals surface area contributed by atoms with Gasteiger partial charge >= 0.3 is 0 Å². The van der Waals surface area contributed by atoms with Gasteiger partial charge in [-0.05, 0) is 76.9 Å². The van der Waals surface area contributed by atoms with E-state index in [1.165, 1.54) is 25.3 Å². The molecule has 65 heavy (non-hydrogen) atoms. The number of nitrogens with one attached hydrogen (secondary N) is 2. The molecular weight excluding hydrogens is 835 g/mol. The number of amides is 4. The number of allylic oxidation sites excluding steroid dienone is 3. The average molecular weight is 892 g/mol. The number of imidazole rings is 2. The van der Waals surface area contributed by atoms with Crippen LogP contribution in [0.2, 0.25) is 0 Å². The molecule has 20 heteroatoms. The molecule has 8 N–H and O–H groups in total. The first-order valence-corrected chi connectivity index (χ1v) is 21.3. The average Bonchev–Trinajstić information content (AvgIpc) is 3.96. The van der Waals surface area contributed by atoms with E-state index in [0.717, 1.165) is 32.5 Å². The maximum Gasteiger partial charge on any atom is 0.276 e. The number of aryl methyl sites for hydroxylation is 2. The molecule has 0 atom stereocenters. The quantitative estimate of drug-likeness (QED) is 0.0550. The van der Waals surface area contributed by atoms with Crippen molar-refractivity contribution in [3.8, 4) is 11.5 Å². The number of aromatic nitrogens is 6. The normalized spacial score (nSPS) is 14.2. The number of hydrogen-bond acceptors (Lipinski definition) is 13. The highest BCUT2D eigenvalue weighted by molar-refractivity contribution is 6.47. The number of benzene rings is 2. The predicted octanol–water partition coefficient (Wildman–Crippen LogP) is 3.93. The summed E-state index contributed by atoms with van der Waals surface area (Å²) in [5.41, 5.74) is 20.8. The SMILES string of the molecule is CCN=C(/C=C(/C)N)C(=O)Nc1nc2cc(C(N)=O)cc(OC)c2n1C/C=C/Cn1c(NC(=O)c2cc(C)nn2CC)nc2cc(C(N)=O)cc(OC/C=C/CN3CCC(OC)CC3)c21. The van der Waals surface area contributed by atoms with Crippen molar-refractivity contribution in [1.29, 1.82) is 0 Å². The van der Waals surface area contributed by atoms with Crippen LogP contribution in [-0.4, -0.2) is 116 Å². The molecule has 2 aromatic carbocycles. The van der Waals surface area contributed by atoms with E-state index in [4.69, 9.17) is 36.4 Å². The lowest BCUT2D eigenvalue weighted by molar-refractivity contribution is -0.110. The highest BCUT2D eigenvalue weighted by Gasteiger charge is 2.24. The Kier molecular flexibility index (Phi) is 15.5. The largest absolute Gasteiger partial charge is 0.494 e. The van der Waals surface area contributed by atoms with Gasteiger partial charge in [0.05, 0.1) is 29.9 Å². The van der Waals surface area contributed by atoms with Crippen LogP contribution in [0.4, 0.5) is 11.9 Å². The van der Waals surface area contributed by atoms with E-state index in [1.807, 2.05) is 31.2 Å². The number of piperidine rings is 1. The molecule has 3 aromatic heterocycles. The first kappa shape index (κ1) is 47.2. The van der Waals surface area contributed by atoms with Crippen molar-refractivity contribution in [2.24, 2.45) is 22.2 Å². The zero-order valence-corrected chi connectivity index (χ0v) is 37.6. The molecule has 1 saturated heterocycles. The van der Waals surface area contributed by atoms with Gasteiger partial charge in [0.2, 0.25) is 23.7 Å². The minimum Gasteiger partial charge on any atom is -0.494 e. The Morgan fingerprint density at radius 2 is 1.40 bits per heavy atom. The van der Waals surface area contributed by atoms with Crippen LogP contribution < -0.4 is 37.3 Å². The molecule has 5 aromatic rings. The fourth-order valence-corrected chi connectivity index (χ4v) is 7.54. The summed E-state index contributed by atoms with van der Waals surface area (Å²) in [5.74, 6) is -1.44. The first-order valence-electron chi connectivity index (χ1n) is 21.3. The lowest BCUT2D eigenvalue weighted by atomic mass is 10.1. The number of fused-ring (bicyclic) bond motifs is 2. The van der Waals surface area contributed by atoms with Gasteiger partial charge in [-0.3, -0.25) is 44.4 Å². The smallest absolute Gasteiger partial charge is 0.276 e. The number of methoxy groups -OCH3 is 2. The number of hydrogen-bond donors (Lipinski definition) is 5. The number of anilines is 2. The van der Waals surface area contributed by atoms with Crippen LogP contribution in [0.5, 0.6) is 11.5 Å². The van der Waals surface area contributed by atoms with Gasteiger partial charge in [0.15, 0.2) is 0 Å². The minimum absolute atomic E-state index is 0.0980. The van der Waals surface area contributed by atoms with Crippen LogP contribution in [0, 0.1) is 6.92 Å². The molecule has 0 aliphatic carbocycles. The number of carbonyl (C=O) groups excluding carboxylic acids is 4. The Balaban J connectivity index is 1.37. The van der Waals surface area contributed by atoms with Gasteiger partial charge in [0.25, 0.3) is 11.8 Å². The Morgan fingerprint density at radius 1 is 0.815 bits per heavy atom. The molecule has 0 bridgehead atoms. The third-order valence-electron chi connectivity index (χ3n) is 10.7. The Labute approximate surface area is 376 Å². The lowest BCUT2D eigenvalue weighted by Gasteiger charge is -2.30. The Morgan fingerprint density at radius 3 is 1.95 bits per heavy atom. The molecule has 4 amide bonds. The van der Waals surface area contributed by atoms with Crippen LogP contribution in [0.3, 0.4) is 0 Å². The summed E-state index contributed by atoms with van der Waals surface area (Å²) in [4.78, 5) is 68.3. The van der Waals surface area contributed by atoms with E-state index in [9.17, 15) is 19.2 Å². The number of ether oxygens (including phenoxy) is 3. The van der Waals surface area contributed by atoms with E-state index < -0.39 is 23.6 Å². The number of carbonyl (C=O) groups is 4. The number of nitrogens with zero attached hydrogens (tertiary/aromatic N) is 8. The van der Waals surface area contributed by atoms with Crippen molar-refractivity contribution in [2.45, 2.75) is 66.3 Å². The molecule has 20 nitrogen and oxygen atoms in total. The van der Waals surface area contributed by atoms with Gasteiger partial charge in [-0.25, -0.2) is 9.97 Å². The van der Waals surface area contributed by atoms with E-state index in [1.54, 1.807) is 59.9 Å². The second-order valence-electron chi connectivity index (χ2n) is 15.3. The van der Waals surface area contributed by atoms with Crippen molar-refractivity contribution < 1.29 is 33.4 Å². The topological polar surface area (TPSA) is 267 Å². The summed E-state index contributed by atoms with van der Waals surface area (Å²) in [6.45, 7) is 11.0. The molecular formula is C45H57N13O7. The summed E-state index contributed by atoms with van der Waals surface area (Å²) >= 11 is 0. The van der Waals surface area contributed by atoms with Crippen molar-refractivity contribution in [3.63, 3.8) is 0 Å². The Hall–Kier alpha value is -7.32. The highest BCUT2D eigenvalue weighted by Crippen LogP contribution is 2.33. The number of rotatable bonds is 20. The molecule has 1 aliphatic rings. The maximum absolute atomic E-state index is 13.8. The van der Waals surface area contributed by atoms with Gasteiger partial charge in [0, 0.05) is 69.7 Å². The molecule has 0 saturated carbocycles. The number of nitrogens with two attached hydrogens (primary N) is 3. The van der Waals surface area contributed by atoms with E-state index in [2.05, 4.69) is 30.6 Å². The highest BCUT2D eigenvalue weighted by atomic mass is 16.5. The molecule has 344 valence electrons. The summed E-state index contributed by atoms with van der Waals surface area (Å²) in [6, 6.07) is 7.82. The molecule has 0 unspecified atom stereocenters. The maximum atomic E-state index is 13.8. The van der Waals surface area contributed by atoms with Crippen molar-refractivity contribution >= 4 is 63.3 Å². The van der Waals surface area contributed by atoms with Crippen LogP contribution in [0.25, 0.3) is 22.1 Å². The third-order valence-corrected chi connectivity index (χ3v) is 10.7. The van der Waals surface area contributed by atoms with Crippen molar-refractivity contribution in [1.82, 2.24) is 33.8 Å². The van der Waals surface area contributed by atoms with Gasteiger partial charge < -0.3 is 40.5 Å². The molecule has 0 spiro atoms. The number of likely N-dealkylation sites (tertiary alicyclic amines) is 1. The first-order chi connectivity index (χ1) is 31.2. The minimum atomic E-state index is -0.684. The molecule has 6 rings (SSSR count). The van der Waals surface area contributed by atoms with Crippen LogP contribution in [0.1, 0.15) is 70.5 Å². The van der Waals surface area contributed by atoms with E-state index in [0.29, 0.717) is 63.7 Å². The summed E-state index contributed by atoms with van der Waals surface area (Å²) < 4.78 is 22.6. The number of primary amides is 2. The lowest BCUT2D eigenvalue weighted by Crippen LogP contribution is -2.36. The van der Waals surface area contributed by atoms with E-state index in [-0.39, 0.29) is 54.5 Å². The molecule has 1 fully saturated rings. The molecule has 4 heterocycles. The summed E-state index contributed by atoms with van der Waals surface area (Å²) in [6.07, 6.45) is 11.3. The molecule has 0 radical (unpaired) electrons. The van der Waals surface area contributed by atoms with Gasteiger partial charge in [-0.15, -0.1) is 0 Å². The zero-order chi connectivity index (χ0) is 46.8. The van der Waals surface area contributed by atoms with E-state index >= 15 is 0 Å². The van der Waals surface area contributed by atoms with Crippen LogP contribution in [-0.2, 0) is 29.2 Å². The fraction of sp³-hybridized carbons (Fsp3) is 0.378. The second kappa shape index (κ2) is 21.4. The monoisotopic (exact) mass is 891 g/mol. The van der Waals surface area contributed by atoms with Gasteiger partial charge in [-0.2, -0.15) is 5.10 Å². The van der Waals surface area contributed by atoms with Crippen LogP contribution in [0.15, 0.2) is 71.4 Å². The Bertz CT molecular complexity index is 2690. The van der Waals surface area contributed by atoms with Gasteiger partial charge in [0.1, 0.15) is 40.5 Å². The standard InChI is InChI=1S/C45H57N13O7/c1-7-49-34(21-27(3)46)42(61)52-44-50-32-23-29(40(47)59)25-36(64-6)38(32)56(44)16-9-10-17-57-39-33(51-45(57)53-43(62)35-22-28(4)54-58(35)8-2)24-30(41(48)60)26-37(39)65-20-12-11-15-55-18-13-31(63-5)14-19-55/h9-12,21-26,31H,7-8,13-20,46H2,1-6H3,(H2,47,59)(H2,48,60)(H,50,52,61)(H,51,53,62)/b10-9+,12-11+,27-21-,49-34?. The third kappa shape index (κ3) is 11.3. The summed E-state index contributed by atoms with van der Waals surface area (Å²) in [5, 5.41) is 10.2. The van der Waals surface area contributed by atoms with Crippen LogP contribution >= 0.6 is 0 Å². The van der Waals surface area contributed by atoms with Gasteiger partial charge in [-0.1, -0.05) is 24.3 Å². The fourth-order valence-electron chi connectivity index (χ4n) is 7.54. The number of aliphatic imine (C=N–C) groups is 1. The summed E-state index contributed by atoms with van der Waals surface area (Å²) in [7, 11) is 3.20.